The quantitative estimate of drug-likeness (QED) is 0.237. The van der Waals surface area contributed by atoms with Crippen LogP contribution >= 0.6 is 0 Å². The number of benzene rings is 6. The first-order valence-electron chi connectivity index (χ1n) is 13.2. The van der Waals surface area contributed by atoms with Crippen molar-refractivity contribution in [1.82, 2.24) is 4.57 Å². The van der Waals surface area contributed by atoms with Crippen molar-refractivity contribution in [3.8, 4) is 16.8 Å². The van der Waals surface area contributed by atoms with Gasteiger partial charge in [-0.2, -0.15) is 0 Å². The van der Waals surface area contributed by atoms with Gasteiger partial charge in [-0.15, -0.1) is 0 Å². The van der Waals surface area contributed by atoms with Crippen LogP contribution in [0.1, 0.15) is 0 Å². The van der Waals surface area contributed by atoms with E-state index in [1.54, 1.807) is 0 Å². The fraction of sp³-hybridized carbons (Fsp3) is 0. The standard InChI is InChI=1S/C36H21NO2/c1-2-8-22(9-3-1)23-14-16-31-27(20-23)35-33(38-31)18-19-34-36(35)28-21-24(15-17-32(28)39-34)37-29-12-6-4-10-25(29)26-11-5-7-13-30(26)37/h1-21H. The largest absolute Gasteiger partial charge is 0.456 e. The predicted molar refractivity (Wildman–Crippen MR) is 161 cm³/mol. The number of furan rings is 2. The van der Waals surface area contributed by atoms with Crippen molar-refractivity contribution >= 4 is 65.7 Å². The molecule has 0 atom stereocenters. The number of hydrogen-bond acceptors (Lipinski definition) is 2. The summed E-state index contributed by atoms with van der Waals surface area (Å²) >= 11 is 0. The summed E-state index contributed by atoms with van der Waals surface area (Å²) in [6, 6.07) is 44.7. The van der Waals surface area contributed by atoms with Crippen molar-refractivity contribution < 1.29 is 8.83 Å². The molecule has 3 nitrogen and oxygen atoms in total. The highest BCUT2D eigenvalue weighted by Gasteiger charge is 2.18. The van der Waals surface area contributed by atoms with Crippen LogP contribution in [-0.2, 0) is 0 Å². The van der Waals surface area contributed by atoms with Gasteiger partial charge in [0.25, 0.3) is 0 Å². The zero-order valence-corrected chi connectivity index (χ0v) is 20.9. The Hall–Kier alpha value is -5.28. The minimum Gasteiger partial charge on any atom is -0.456 e. The van der Waals surface area contributed by atoms with Crippen LogP contribution in [-0.4, -0.2) is 4.57 Å². The van der Waals surface area contributed by atoms with Gasteiger partial charge in [-0.3, -0.25) is 0 Å². The number of nitrogens with zero attached hydrogens (tertiary/aromatic N) is 1. The number of para-hydroxylation sites is 2. The molecule has 0 N–H and O–H groups in total. The molecule has 0 radical (unpaired) electrons. The lowest BCUT2D eigenvalue weighted by Gasteiger charge is -2.08. The fourth-order valence-electron chi connectivity index (χ4n) is 6.27. The summed E-state index contributed by atoms with van der Waals surface area (Å²) in [6.07, 6.45) is 0. The van der Waals surface area contributed by atoms with Crippen molar-refractivity contribution in [2.75, 3.05) is 0 Å². The minimum absolute atomic E-state index is 0.865. The van der Waals surface area contributed by atoms with E-state index >= 15 is 0 Å². The van der Waals surface area contributed by atoms with E-state index in [4.69, 9.17) is 8.83 Å². The molecule has 9 rings (SSSR count). The molecule has 3 heteroatoms. The van der Waals surface area contributed by atoms with Crippen LogP contribution in [0, 0.1) is 0 Å². The van der Waals surface area contributed by atoms with Gasteiger partial charge in [0.15, 0.2) is 0 Å². The van der Waals surface area contributed by atoms with E-state index in [-0.39, 0.29) is 0 Å². The molecule has 0 fully saturated rings. The summed E-state index contributed by atoms with van der Waals surface area (Å²) in [5.74, 6) is 0. The zero-order chi connectivity index (χ0) is 25.5. The van der Waals surface area contributed by atoms with Crippen LogP contribution in [0.15, 0.2) is 136 Å². The van der Waals surface area contributed by atoms with Crippen molar-refractivity contribution in [1.29, 1.82) is 0 Å². The summed E-state index contributed by atoms with van der Waals surface area (Å²) in [6.45, 7) is 0. The molecule has 0 aliphatic heterocycles. The van der Waals surface area contributed by atoms with Crippen molar-refractivity contribution in [2.24, 2.45) is 0 Å². The van der Waals surface area contributed by atoms with Crippen molar-refractivity contribution in [3.63, 3.8) is 0 Å². The zero-order valence-electron chi connectivity index (χ0n) is 20.9. The minimum atomic E-state index is 0.865. The fourth-order valence-corrected chi connectivity index (χ4v) is 6.27. The summed E-state index contributed by atoms with van der Waals surface area (Å²) in [5, 5.41) is 6.88. The second-order valence-electron chi connectivity index (χ2n) is 10.1. The molecule has 0 saturated heterocycles. The molecule has 3 aromatic heterocycles. The average molecular weight is 500 g/mol. The number of aromatic nitrogens is 1. The maximum absolute atomic E-state index is 6.39. The Morgan fingerprint density at radius 2 is 0.923 bits per heavy atom. The Morgan fingerprint density at radius 3 is 1.59 bits per heavy atom. The summed E-state index contributed by atoms with van der Waals surface area (Å²) < 4.78 is 15.1. The Balaban J connectivity index is 1.38. The first kappa shape index (κ1) is 20.7. The lowest BCUT2D eigenvalue weighted by molar-refractivity contribution is 0.663. The second-order valence-corrected chi connectivity index (χ2v) is 10.1. The van der Waals surface area contributed by atoms with Crippen LogP contribution in [0.3, 0.4) is 0 Å². The summed E-state index contributed by atoms with van der Waals surface area (Å²) in [7, 11) is 0. The molecule has 182 valence electrons. The Labute approximate surface area is 223 Å². The van der Waals surface area contributed by atoms with E-state index in [9.17, 15) is 0 Å². The van der Waals surface area contributed by atoms with Crippen LogP contribution in [0.5, 0.6) is 0 Å². The Kier molecular flexibility index (Phi) is 4.05. The number of rotatable bonds is 2. The van der Waals surface area contributed by atoms with Gasteiger partial charge < -0.3 is 13.4 Å². The molecule has 9 aromatic rings. The Morgan fingerprint density at radius 1 is 0.385 bits per heavy atom. The van der Waals surface area contributed by atoms with E-state index in [0.29, 0.717) is 0 Å². The molecule has 0 spiro atoms. The van der Waals surface area contributed by atoms with Crippen molar-refractivity contribution in [3.05, 3.63) is 127 Å². The van der Waals surface area contributed by atoms with Gasteiger partial charge in [0.1, 0.15) is 22.3 Å². The molecule has 0 saturated carbocycles. The molecule has 0 amide bonds. The number of fused-ring (bicyclic) bond motifs is 10. The SMILES string of the molecule is c1ccc(-c2ccc3oc4ccc5oc6ccc(-n7c8ccccc8c8ccccc87)cc6c5c4c3c2)cc1. The lowest BCUT2D eigenvalue weighted by atomic mass is 10.0. The van der Waals surface area contributed by atoms with Crippen molar-refractivity contribution in [2.45, 2.75) is 0 Å². The highest BCUT2D eigenvalue weighted by molar-refractivity contribution is 6.26. The molecular formula is C36H21NO2. The topological polar surface area (TPSA) is 31.2 Å². The van der Waals surface area contributed by atoms with Crippen LogP contribution in [0.2, 0.25) is 0 Å². The first-order valence-corrected chi connectivity index (χ1v) is 13.2. The van der Waals surface area contributed by atoms with E-state index in [1.807, 2.05) is 18.2 Å². The predicted octanol–water partition coefficient (Wildman–Crippen LogP) is 10.2. The third-order valence-corrected chi connectivity index (χ3v) is 8.00. The van der Waals surface area contributed by atoms with Crippen LogP contribution in [0.25, 0.3) is 82.5 Å². The molecule has 39 heavy (non-hydrogen) atoms. The molecule has 0 bridgehead atoms. The van der Waals surface area contributed by atoms with Gasteiger partial charge in [0, 0.05) is 38.0 Å². The normalized spacial score (nSPS) is 12.1. The molecule has 0 unspecified atom stereocenters. The maximum Gasteiger partial charge on any atom is 0.136 e. The second kappa shape index (κ2) is 7.62. The van der Waals surface area contributed by atoms with Gasteiger partial charge in [0.05, 0.1) is 11.0 Å². The van der Waals surface area contributed by atoms with E-state index < -0.39 is 0 Å². The third kappa shape index (κ3) is 2.87. The molecule has 6 aromatic carbocycles. The highest BCUT2D eigenvalue weighted by Crippen LogP contribution is 2.42. The van der Waals surface area contributed by atoms with E-state index in [0.717, 1.165) is 49.6 Å². The van der Waals surface area contributed by atoms with Gasteiger partial charge in [-0.25, -0.2) is 0 Å². The first-order chi connectivity index (χ1) is 19.3. The lowest BCUT2D eigenvalue weighted by Crippen LogP contribution is -1.93. The smallest absolute Gasteiger partial charge is 0.136 e. The third-order valence-electron chi connectivity index (χ3n) is 8.00. The number of hydrogen-bond donors (Lipinski definition) is 0. The summed E-state index contributed by atoms with van der Waals surface area (Å²) in [4.78, 5) is 0. The monoisotopic (exact) mass is 499 g/mol. The van der Waals surface area contributed by atoms with Gasteiger partial charge in [0.2, 0.25) is 0 Å². The van der Waals surface area contributed by atoms with Crippen LogP contribution < -0.4 is 0 Å². The molecule has 3 heterocycles. The average Bonchev–Trinajstić information content (AvgIpc) is 3.66. The molecule has 0 aliphatic rings. The van der Waals surface area contributed by atoms with Crippen LogP contribution in [0.4, 0.5) is 0 Å². The maximum atomic E-state index is 6.39. The molecule has 0 aliphatic carbocycles. The summed E-state index contributed by atoms with van der Waals surface area (Å²) in [5.41, 5.74) is 9.33. The van der Waals surface area contributed by atoms with Gasteiger partial charge in [-0.05, 0) is 65.7 Å². The van der Waals surface area contributed by atoms with Gasteiger partial charge >= 0.3 is 0 Å². The Bertz CT molecular complexity index is 2330. The van der Waals surface area contributed by atoms with E-state index in [1.165, 1.54) is 32.9 Å². The molecular weight excluding hydrogens is 478 g/mol. The highest BCUT2D eigenvalue weighted by atomic mass is 16.3. The van der Waals surface area contributed by atoms with E-state index in [2.05, 4.69) is 114 Å². The van der Waals surface area contributed by atoms with Gasteiger partial charge in [-0.1, -0.05) is 72.8 Å².